The smallest absolute Gasteiger partial charge is 0.228 e. The zero-order valence-electron chi connectivity index (χ0n) is 16.7. The minimum atomic E-state index is 0.550. The largest absolute Gasteiger partial charge is 0.496 e. The Hall–Kier alpha value is -3.06. The molecule has 0 bridgehead atoms. The van der Waals surface area contributed by atoms with Crippen molar-refractivity contribution < 1.29 is 9.26 Å². The molecule has 1 aromatic heterocycles. The third-order valence-electron chi connectivity index (χ3n) is 4.37. The third-order valence-corrected chi connectivity index (χ3v) is 4.62. The Labute approximate surface area is 175 Å². The molecule has 3 aromatic rings. The van der Waals surface area contributed by atoms with Gasteiger partial charge in [0.15, 0.2) is 5.96 Å². The number of nitrogens with zero attached hydrogens (tertiary/aromatic N) is 4. The van der Waals surface area contributed by atoms with Crippen LogP contribution in [0.4, 0.5) is 0 Å². The van der Waals surface area contributed by atoms with E-state index in [0.29, 0.717) is 36.2 Å². The number of hydrogen-bond acceptors (Lipinski definition) is 5. The molecule has 0 atom stereocenters. The first-order chi connectivity index (χ1) is 14.1. The van der Waals surface area contributed by atoms with Crippen LogP contribution in [0.3, 0.4) is 0 Å². The second-order valence-corrected chi connectivity index (χ2v) is 6.85. The molecule has 7 nitrogen and oxygen atoms in total. The van der Waals surface area contributed by atoms with Gasteiger partial charge in [0, 0.05) is 49.8 Å². The molecule has 0 unspecified atom stereocenters. The molecular formula is C21H24ClN5O2. The molecule has 0 radical (unpaired) electrons. The van der Waals surface area contributed by atoms with Crippen molar-refractivity contribution in [3.05, 3.63) is 65.0 Å². The van der Waals surface area contributed by atoms with E-state index in [0.717, 1.165) is 22.8 Å². The summed E-state index contributed by atoms with van der Waals surface area (Å²) < 4.78 is 10.8. The molecule has 0 aliphatic rings. The molecule has 152 valence electrons. The number of para-hydroxylation sites is 1. The van der Waals surface area contributed by atoms with Gasteiger partial charge in [-0.3, -0.25) is 4.99 Å². The van der Waals surface area contributed by atoms with Crippen molar-refractivity contribution in [2.45, 2.75) is 13.0 Å². The van der Waals surface area contributed by atoms with Gasteiger partial charge in [0.2, 0.25) is 11.7 Å². The van der Waals surface area contributed by atoms with E-state index >= 15 is 0 Å². The minimum Gasteiger partial charge on any atom is -0.496 e. The predicted octanol–water partition coefficient (Wildman–Crippen LogP) is 3.65. The van der Waals surface area contributed by atoms with Crippen LogP contribution in [0.25, 0.3) is 11.4 Å². The van der Waals surface area contributed by atoms with Crippen molar-refractivity contribution in [3.63, 3.8) is 0 Å². The Morgan fingerprint density at radius 2 is 1.97 bits per heavy atom. The average Bonchev–Trinajstić information content (AvgIpc) is 3.21. The first-order valence-corrected chi connectivity index (χ1v) is 9.60. The van der Waals surface area contributed by atoms with Gasteiger partial charge in [-0.25, -0.2) is 0 Å². The van der Waals surface area contributed by atoms with Gasteiger partial charge >= 0.3 is 0 Å². The topological polar surface area (TPSA) is 75.8 Å². The Morgan fingerprint density at radius 1 is 1.21 bits per heavy atom. The van der Waals surface area contributed by atoms with Crippen molar-refractivity contribution >= 4 is 17.6 Å². The number of methoxy groups -OCH3 is 1. The minimum absolute atomic E-state index is 0.550. The summed E-state index contributed by atoms with van der Waals surface area (Å²) in [7, 11) is 5.41. The molecule has 8 heteroatoms. The van der Waals surface area contributed by atoms with E-state index in [1.54, 1.807) is 26.3 Å². The SMILES string of the molecule is CN=C(NCCc1nc(-c2ccc(Cl)cc2)no1)N(C)Cc1ccccc1OC. The van der Waals surface area contributed by atoms with E-state index in [1.165, 1.54) is 0 Å². The van der Waals surface area contributed by atoms with E-state index in [4.69, 9.17) is 20.9 Å². The highest BCUT2D eigenvalue weighted by molar-refractivity contribution is 6.30. The standard InChI is InChI=1S/C21H24ClN5O2/c1-23-21(27(2)14-16-6-4-5-7-18(16)28-3)24-13-12-19-25-20(26-29-19)15-8-10-17(22)11-9-15/h4-11H,12-14H2,1-3H3,(H,23,24). The molecule has 29 heavy (non-hydrogen) atoms. The number of aliphatic imine (C=N–C) groups is 1. The highest BCUT2D eigenvalue weighted by Gasteiger charge is 2.12. The summed E-state index contributed by atoms with van der Waals surface area (Å²) in [5, 5.41) is 8.03. The van der Waals surface area contributed by atoms with Gasteiger partial charge in [0.05, 0.1) is 7.11 Å². The van der Waals surface area contributed by atoms with Gasteiger partial charge in [0.25, 0.3) is 0 Å². The first kappa shape index (κ1) is 20.7. The van der Waals surface area contributed by atoms with Crippen LogP contribution < -0.4 is 10.1 Å². The number of nitrogens with one attached hydrogen (secondary N) is 1. The van der Waals surface area contributed by atoms with Crippen LogP contribution >= 0.6 is 11.6 Å². The first-order valence-electron chi connectivity index (χ1n) is 9.23. The van der Waals surface area contributed by atoms with E-state index < -0.39 is 0 Å². The fourth-order valence-electron chi connectivity index (χ4n) is 2.90. The summed E-state index contributed by atoms with van der Waals surface area (Å²) in [5.74, 6) is 2.74. The number of benzene rings is 2. The number of guanidine groups is 1. The van der Waals surface area contributed by atoms with Gasteiger partial charge in [0.1, 0.15) is 5.75 Å². The lowest BCUT2D eigenvalue weighted by Crippen LogP contribution is -2.39. The van der Waals surface area contributed by atoms with Crippen LogP contribution in [0.5, 0.6) is 5.75 Å². The van der Waals surface area contributed by atoms with E-state index in [-0.39, 0.29) is 0 Å². The summed E-state index contributed by atoms with van der Waals surface area (Å²) >= 11 is 5.92. The lowest BCUT2D eigenvalue weighted by molar-refractivity contribution is 0.376. The Bertz CT molecular complexity index is 956. The van der Waals surface area contributed by atoms with Crippen molar-refractivity contribution in [2.24, 2.45) is 4.99 Å². The molecule has 0 fully saturated rings. The number of rotatable bonds is 7. The van der Waals surface area contributed by atoms with Crippen LogP contribution in [0.1, 0.15) is 11.5 Å². The molecule has 0 saturated heterocycles. The van der Waals surface area contributed by atoms with E-state index in [9.17, 15) is 0 Å². The molecule has 3 rings (SSSR count). The number of ether oxygens (including phenoxy) is 1. The predicted molar refractivity (Wildman–Crippen MR) is 114 cm³/mol. The molecule has 1 heterocycles. The molecule has 1 N–H and O–H groups in total. The summed E-state index contributed by atoms with van der Waals surface area (Å²) in [4.78, 5) is 10.8. The van der Waals surface area contributed by atoms with Gasteiger partial charge in [-0.15, -0.1) is 0 Å². The second kappa shape index (κ2) is 9.93. The highest BCUT2D eigenvalue weighted by atomic mass is 35.5. The Morgan fingerprint density at radius 3 is 2.69 bits per heavy atom. The summed E-state index contributed by atoms with van der Waals surface area (Å²) in [6, 6.07) is 15.3. The quantitative estimate of drug-likeness (QED) is 0.470. The number of hydrogen-bond donors (Lipinski definition) is 1. The highest BCUT2D eigenvalue weighted by Crippen LogP contribution is 2.19. The fourth-order valence-corrected chi connectivity index (χ4v) is 3.03. The Kier molecular flexibility index (Phi) is 7.08. The molecular weight excluding hydrogens is 390 g/mol. The van der Waals surface area contributed by atoms with Crippen molar-refractivity contribution in [1.29, 1.82) is 0 Å². The van der Waals surface area contributed by atoms with E-state index in [1.807, 2.05) is 48.3 Å². The Balaban J connectivity index is 1.54. The summed E-state index contributed by atoms with van der Waals surface area (Å²) in [5.41, 5.74) is 1.95. The second-order valence-electron chi connectivity index (χ2n) is 6.41. The van der Waals surface area contributed by atoms with Crippen molar-refractivity contribution in [1.82, 2.24) is 20.4 Å². The van der Waals surface area contributed by atoms with Crippen LogP contribution in [0.2, 0.25) is 5.02 Å². The maximum Gasteiger partial charge on any atom is 0.228 e. The molecule has 0 spiro atoms. The fraction of sp³-hybridized carbons (Fsp3) is 0.286. The van der Waals surface area contributed by atoms with Gasteiger partial charge in [-0.05, 0) is 30.3 Å². The average molecular weight is 414 g/mol. The van der Waals surface area contributed by atoms with Gasteiger partial charge in [-0.1, -0.05) is 35.0 Å². The molecule has 0 amide bonds. The summed E-state index contributed by atoms with van der Waals surface area (Å²) in [6.45, 7) is 1.29. The number of aromatic nitrogens is 2. The normalized spacial score (nSPS) is 11.4. The monoisotopic (exact) mass is 413 g/mol. The zero-order valence-corrected chi connectivity index (χ0v) is 17.5. The maximum atomic E-state index is 5.92. The number of halogens is 1. The molecule has 0 aliphatic heterocycles. The van der Waals surface area contributed by atoms with E-state index in [2.05, 4.69) is 20.4 Å². The third kappa shape index (κ3) is 5.48. The molecule has 0 saturated carbocycles. The zero-order chi connectivity index (χ0) is 20.6. The maximum absolute atomic E-state index is 5.92. The molecule has 2 aromatic carbocycles. The lowest BCUT2D eigenvalue weighted by atomic mass is 10.2. The van der Waals surface area contributed by atoms with Crippen LogP contribution in [-0.4, -0.2) is 48.8 Å². The lowest BCUT2D eigenvalue weighted by Gasteiger charge is -2.22. The molecule has 0 aliphatic carbocycles. The summed E-state index contributed by atoms with van der Waals surface area (Å²) in [6.07, 6.45) is 0.585. The van der Waals surface area contributed by atoms with Crippen LogP contribution in [0.15, 0.2) is 58.0 Å². The van der Waals surface area contributed by atoms with Crippen LogP contribution in [0, 0.1) is 0 Å². The van der Waals surface area contributed by atoms with Crippen molar-refractivity contribution in [2.75, 3.05) is 27.7 Å². The van der Waals surface area contributed by atoms with Crippen molar-refractivity contribution in [3.8, 4) is 17.1 Å². The van der Waals surface area contributed by atoms with Gasteiger partial charge < -0.3 is 19.5 Å². The van der Waals surface area contributed by atoms with Crippen LogP contribution in [-0.2, 0) is 13.0 Å². The van der Waals surface area contributed by atoms with Gasteiger partial charge in [-0.2, -0.15) is 4.98 Å².